The molecule has 2 aromatic rings. The van der Waals surface area contributed by atoms with E-state index >= 15 is 0 Å². The van der Waals surface area contributed by atoms with Crippen molar-refractivity contribution in [2.24, 2.45) is 0 Å². The molecule has 1 fully saturated rings. The zero-order valence-electron chi connectivity index (χ0n) is 16.5. The Bertz CT molecular complexity index is 937. The van der Waals surface area contributed by atoms with Gasteiger partial charge in [0.25, 0.3) is 11.7 Å². The number of nitrogens with zero attached hydrogens (tertiary/aromatic N) is 2. The van der Waals surface area contributed by atoms with Gasteiger partial charge in [-0.2, -0.15) is 0 Å². The summed E-state index contributed by atoms with van der Waals surface area (Å²) in [7, 11) is 3.75. The number of ether oxygens (including phenoxy) is 1. The number of carbonyl (C=O) groups is 2. The van der Waals surface area contributed by atoms with Gasteiger partial charge in [0.1, 0.15) is 23.3 Å². The van der Waals surface area contributed by atoms with Gasteiger partial charge < -0.3 is 24.1 Å². The first-order chi connectivity index (χ1) is 13.8. The van der Waals surface area contributed by atoms with E-state index in [9.17, 15) is 14.7 Å². The van der Waals surface area contributed by atoms with Crippen LogP contribution in [0.5, 0.6) is 5.75 Å². The van der Waals surface area contributed by atoms with Gasteiger partial charge in [-0.05, 0) is 51.4 Å². The molecule has 0 unspecified atom stereocenters. The lowest BCUT2D eigenvalue weighted by molar-refractivity contribution is -0.140. The summed E-state index contributed by atoms with van der Waals surface area (Å²) in [5, 5.41) is 11.2. The van der Waals surface area contributed by atoms with E-state index in [1.165, 1.54) is 17.2 Å². The normalized spacial score (nSPS) is 18.7. The molecule has 1 aromatic carbocycles. The lowest BCUT2D eigenvalue weighted by atomic mass is 9.99. The smallest absolute Gasteiger partial charge is 0.295 e. The van der Waals surface area contributed by atoms with Crippen molar-refractivity contribution in [2.45, 2.75) is 13.0 Å². The summed E-state index contributed by atoms with van der Waals surface area (Å²) in [5.74, 6) is -0.858. The topological polar surface area (TPSA) is 83.2 Å². The highest BCUT2D eigenvalue weighted by Gasteiger charge is 2.47. The Morgan fingerprint density at radius 2 is 2.07 bits per heavy atom. The van der Waals surface area contributed by atoms with Crippen LogP contribution in [0.2, 0.25) is 5.02 Å². The summed E-state index contributed by atoms with van der Waals surface area (Å²) < 4.78 is 10.9. The number of amides is 1. The third-order valence-corrected chi connectivity index (χ3v) is 4.94. The van der Waals surface area contributed by atoms with E-state index in [-0.39, 0.29) is 11.3 Å². The van der Waals surface area contributed by atoms with E-state index < -0.39 is 17.7 Å². The van der Waals surface area contributed by atoms with Gasteiger partial charge in [0.2, 0.25) is 0 Å². The van der Waals surface area contributed by atoms with Gasteiger partial charge in [0.15, 0.2) is 0 Å². The fraction of sp³-hybridized carbons (Fsp3) is 0.333. The van der Waals surface area contributed by atoms with E-state index in [0.29, 0.717) is 41.8 Å². The molecule has 3 rings (SSSR count). The molecule has 1 aliphatic rings. The summed E-state index contributed by atoms with van der Waals surface area (Å²) in [4.78, 5) is 28.8. The molecule has 1 amide bonds. The molecule has 0 bridgehead atoms. The Labute approximate surface area is 174 Å². The Morgan fingerprint density at radius 1 is 1.31 bits per heavy atom. The van der Waals surface area contributed by atoms with Gasteiger partial charge in [0, 0.05) is 18.7 Å². The predicted octanol–water partition coefficient (Wildman–Crippen LogP) is 3.32. The van der Waals surface area contributed by atoms with Crippen LogP contribution >= 0.6 is 11.6 Å². The second-order valence-electron chi connectivity index (χ2n) is 6.89. The van der Waals surface area contributed by atoms with Gasteiger partial charge in [-0.1, -0.05) is 11.6 Å². The van der Waals surface area contributed by atoms with Crippen LogP contribution < -0.4 is 4.74 Å². The number of hydrogen-bond donors (Lipinski definition) is 1. The molecule has 29 heavy (non-hydrogen) atoms. The van der Waals surface area contributed by atoms with Crippen LogP contribution in [0.3, 0.4) is 0 Å². The van der Waals surface area contributed by atoms with Crippen molar-refractivity contribution in [3.63, 3.8) is 0 Å². The van der Waals surface area contributed by atoms with Gasteiger partial charge in [-0.3, -0.25) is 9.59 Å². The predicted molar refractivity (Wildman–Crippen MR) is 109 cm³/mol. The summed E-state index contributed by atoms with van der Waals surface area (Å²) in [6.45, 7) is 3.15. The maximum Gasteiger partial charge on any atom is 0.295 e. The van der Waals surface area contributed by atoms with Gasteiger partial charge >= 0.3 is 0 Å². The first-order valence-corrected chi connectivity index (χ1v) is 9.62. The van der Waals surface area contributed by atoms with Gasteiger partial charge in [0.05, 0.1) is 23.5 Å². The second-order valence-corrected chi connectivity index (χ2v) is 7.30. The Kier molecular flexibility index (Phi) is 6.30. The van der Waals surface area contributed by atoms with Crippen molar-refractivity contribution in [1.82, 2.24) is 9.80 Å². The largest absolute Gasteiger partial charge is 0.507 e. The highest BCUT2D eigenvalue weighted by Crippen LogP contribution is 2.40. The van der Waals surface area contributed by atoms with Gasteiger partial charge in [-0.15, -0.1) is 0 Å². The zero-order chi connectivity index (χ0) is 21.1. The number of benzene rings is 1. The van der Waals surface area contributed by atoms with E-state index in [1.807, 2.05) is 25.9 Å². The average molecular weight is 419 g/mol. The lowest BCUT2D eigenvalue weighted by Crippen LogP contribution is -2.35. The number of hydrogen-bond acceptors (Lipinski definition) is 6. The Balaban J connectivity index is 2.08. The Morgan fingerprint density at radius 3 is 2.66 bits per heavy atom. The molecule has 0 aliphatic carbocycles. The minimum atomic E-state index is -0.810. The number of rotatable bonds is 7. The van der Waals surface area contributed by atoms with Crippen molar-refractivity contribution in [3.05, 3.63) is 58.5 Å². The number of aliphatic hydroxyl groups excluding tert-OH is 1. The van der Waals surface area contributed by atoms with E-state index in [2.05, 4.69) is 0 Å². The van der Waals surface area contributed by atoms with E-state index in [1.54, 1.807) is 24.3 Å². The molecule has 154 valence electrons. The number of likely N-dealkylation sites (tertiary alicyclic amines) is 1. The number of furan rings is 1. The minimum Gasteiger partial charge on any atom is -0.507 e. The summed E-state index contributed by atoms with van der Waals surface area (Å²) in [5.41, 5.74) is 0.296. The maximum absolute atomic E-state index is 12.8. The van der Waals surface area contributed by atoms with E-state index in [0.717, 1.165) is 0 Å². The molecule has 0 spiro atoms. The monoisotopic (exact) mass is 418 g/mol. The number of halogens is 1. The fourth-order valence-corrected chi connectivity index (χ4v) is 3.47. The molecule has 8 heteroatoms. The lowest BCUT2D eigenvalue weighted by Gasteiger charge is -2.24. The van der Waals surface area contributed by atoms with Crippen LogP contribution in [0.1, 0.15) is 24.3 Å². The maximum atomic E-state index is 12.8. The SMILES string of the molecule is CCOc1ccc(C(O)=C2C(=O)C(=O)N(CCN(C)C)[C@H]2c2ccco2)cc1Cl. The first kappa shape index (κ1) is 21.0. The van der Waals surface area contributed by atoms with Gasteiger partial charge in [-0.25, -0.2) is 0 Å². The first-order valence-electron chi connectivity index (χ1n) is 9.24. The molecular weight excluding hydrogens is 396 g/mol. The van der Waals surface area contributed by atoms with E-state index in [4.69, 9.17) is 20.8 Å². The van der Waals surface area contributed by atoms with Crippen LogP contribution in [-0.2, 0) is 9.59 Å². The number of ketones is 1. The van der Waals surface area contributed by atoms with Crippen molar-refractivity contribution >= 4 is 29.1 Å². The summed E-state index contributed by atoms with van der Waals surface area (Å²) in [6.07, 6.45) is 1.47. The number of Topliss-reactive ketones (excluding diaryl/α,β-unsaturated/α-hetero) is 1. The highest BCUT2D eigenvalue weighted by molar-refractivity contribution is 6.46. The molecule has 0 radical (unpaired) electrons. The summed E-state index contributed by atoms with van der Waals surface area (Å²) >= 11 is 6.23. The molecule has 1 aliphatic heterocycles. The number of likely N-dealkylation sites (N-methyl/N-ethyl adjacent to an activating group) is 1. The fourth-order valence-electron chi connectivity index (χ4n) is 3.24. The van der Waals surface area contributed by atoms with Crippen LogP contribution in [-0.4, -0.2) is 60.4 Å². The van der Waals surface area contributed by atoms with Crippen LogP contribution in [0.25, 0.3) is 5.76 Å². The molecule has 1 atom stereocenters. The average Bonchev–Trinajstić information content (AvgIpc) is 3.29. The molecular formula is C21H23ClN2O5. The third kappa shape index (κ3) is 4.16. The zero-order valence-corrected chi connectivity index (χ0v) is 17.3. The van der Waals surface area contributed by atoms with Crippen molar-refractivity contribution in [1.29, 1.82) is 0 Å². The van der Waals surface area contributed by atoms with Crippen LogP contribution in [0.4, 0.5) is 0 Å². The number of aliphatic hydroxyl groups is 1. The molecule has 0 saturated carbocycles. The molecule has 1 N–H and O–H groups in total. The Hall–Kier alpha value is -2.77. The molecule has 7 nitrogen and oxygen atoms in total. The molecule has 2 heterocycles. The van der Waals surface area contributed by atoms with Crippen molar-refractivity contribution in [2.75, 3.05) is 33.8 Å². The highest BCUT2D eigenvalue weighted by atomic mass is 35.5. The quantitative estimate of drug-likeness (QED) is 0.422. The van der Waals surface area contributed by atoms with Crippen LogP contribution in [0.15, 0.2) is 46.6 Å². The van der Waals surface area contributed by atoms with Crippen LogP contribution in [0, 0.1) is 0 Å². The standard InChI is InChI=1S/C21H23ClN2O5/c1-4-28-15-8-7-13(12-14(15)22)19(25)17-18(16-6-5-11-29-16)24(10-9-23(2)3)21(27)20(17)26/h5-8,11-12,18,25H,4,9-10H2,1-3H3/t18-/m0/s1. The van der Waals surface area contributed by atoms with Crippen molar-refractivity contribution < 1.29 is 23.8 Å². The number of carbonyl (C=O) groups excluding carboxylic acids is 2. The second kappa shape index (κ2) is 8.71. The third-order valence-electron chi connectivity index (χ3n) is 4.65. The molecule has 1 aromatic heterocycles. The summed E-state index contributed by atoms with van der Waals surface area (Å²) in [6, 6.07) is 7.26. The van der Waals surface area contributed by atoms with Crippen molar-refractivity contribution in [3.8, 4) is 5.75 Å². The minimum absolute atomic E-state index is 0.0241. The molecule has 1 saturated heterocycles.